The highest BCUT2D eigenvalue weighted by Gasteiger charge is 2.34. The van der Waals surface area contributed by atoms with E-state index in [-0.39, 0.29) is 30.9 Å². The number of ether oxygens (including phenoxy) is 1. The van der Waals surface area contributed by atoms with E-state index in [4.69, 9.17) is 4.74 Å². The van der Waals surface area contributed by atoms with Crippen molar-refractivity contribution in [3.8, 4) is 5.75 Å². The quantitative estimate of drug-likeness (QED) is 0.857. The van der Waals surface area contributed by atoms with Gasteiger partial charge in [0.05, 0.1) is 17.7 Å². The molecule has 1 N–H and O–H groups in total. The topological polar surface area (TPSA) is 75.7 Å². The molecule has 3 amide bonds. The highest BCUT2D eigenvalue weighted by Crippen LogP contribution is 2.22. The molecule has 0 spiro atoms. The molecule has 0 saturated heterocycles. The molecule has 24 heavy (non-hydrogen) atoms. The third-order valence-corrected chi connectivity index (χ3v) is 3.62. The second-order valence-electron chi connectivity index (χ2n) is 5.37. The first-order valence-corrected chi connectivity index (χ1v) is 7.52. The Hall–Kier alpha value is -3.15. The lowest BCUT2D eigenvalue weighted by Crippen LogP contribution is -2.33. The van der Waals surface area contributed by atoms with E-state index < -0.39 is 0 Å². The van der Waals surface area contributed by atoms with E-state index in [0.717, 1.165) is 0 Å². The molecule has 1 heterocycles. The van der Waals surface area contributed by atoms with Crippen LogP contribution in [-0.2, 0) is 4.79 Å². The first-order valence-electron chi connectivity index (χ1n) is 7.52. The number of rotatable bonds is 5. The van der Waals surface area contributed by atoms with E-state index in [1.807, 2.05) is 0 Å². The summed E-state index contributed by atoms with van der Waals surface area (Å²) in [5.74, 6) is -0.214. The minimum atomic E-state index is -0.300. The summed E-state index contributed by atoms with van der Waals surface area (Å²) in [4.78, 5) is 36.7. The maximum absolute atomic E-state index is 12.2. The Morgan fingerprint density at radius 3 is 2.33 bits per heavy atom. The lowest BCUT2D eigenvalue weighted by molar-refractivity contribution is -0.114. The number of hydrogen-bond acceptors (Lipinski definition) is 4. The van der Waals surface area contributed by atoms with E-state index in [1.165, 1.54) is 11.8 Å². The average molecular weight is 324 g/mol. The van der Waals surface area contributed by atoms with Gasteiger partial charge in [-0.2, -0.15) is 0 Å². The third kappa shape index (κ3) is 3.12. The van der Waals surface area contributed by atoms with Gasteiger partial charge >= 0.3 is 0 Å². The average Bonchev–Trinajstić information content (AvgIpc) is 2.80. The molecule has 0 saturated carbocycles. The highest BCUT2D eigenvalue weighted by atomic mass is 16.5. The Morgan fingerprint density at radius 2 is 1.71 bits per heavy atom. The molecule has 0 aliphatic carbocycles. The zero-order valence-corrected chi connectivity index (χ0v) is 13.1. The minimum Gasteiger partial charge on any atom is -0.492 e. The molecule has 0 bridgehead atoms. The van der Waals surface area contributed by atoms with Crippen LogP contribution in [0.2, 0.25) is 0 Å². The van der Waals surface area contributed by atoms with Crippen LogP contribution >= 0.6 is 0 Å². The van der Waals surface area contributed by atoms with Gasteiger partial charge in [-0.05, 0) is 24.3 Å². The van der Waals surface area contributed by atoms with Gasteiger partial charge in [0.2, 0.25) is 5.91 Å². The molecule has 122 valence electrons. The Kier molecular flexibility index (Phi) is 4.29. The zero-order valence-electron chi connectivity index (χ0n) is 13.1. The molecule has 0 unspecified atom stereocenters. The van der Waals surface area contributed by atoms with Crippen LogP contribution in [0.3, 0.4) is 0 Å². The standard InChI is InChI=1S/C18H16N2O4/c1-12(21)19-13-5-4-6-14(11-13)24-10-9-20-17(22)15-7-2-3-8-16(15)18(20)23/h2-8,11H,9-10H2,1H3,(H,19,21). The van der Waals surface area contributed by atoms with Crippen molar-refractivity contribution >= 4 is 23.4 Å². The first kappa shape index (κ1) is 15.7. The molecule has 0 aromatic heterocycles. The van der Waals surface area contributed by atoms with Gasteiger partial charge in [0, 0.05) is 18.7 Å². The predicted molar refractivity (Wildman–Crippen MR) is 88.0 cm³/mol. The van der Waals surface area contributed by atoms with E-state index in [1.54, 1.807) is 48.5 Å². The van der Waals surface area contributed by atoms with Crippen molar-refractivity contribution in [2.24, 2.45) is 0 Å². The molecule has 0 atom stereocenters. The van der Waals surface area contributed by atoms with Crippen molar-refractivity contribution in [3.05, 3.63) is 59.7 Å². The summed E-state index contributed by atoms with van der Waals surface area (Å²) >= 11 is 0. The van der Waals surface area contributed by atoms with Crippen molar-refractivity contribution < 1.29 is 19.1 Å². The maximum Gasteiger partial charge on any atom is 0.261 e. The van der Waals surface area contributed by atoms with Crippen LogP contribution in [0.1, 0.15) is 27.6 Å². The number of benzene rings is 2. The normalized spacial score (nSPS) is 13.0. The molecule has 6 nitrogen and oxygen atoms in total. The highest BCUT2D eigenvalue weighted by molar-refractivity contribution is 6.21. The second-order valence-corrected chi connectivity index (χ2v) is 5.37. The summed E-state index contributed by atoms with van der Waals surface area (Å²) in [6.07, 6.45) is 0. The summed E-state index contributed by atoms with van der Waals surface area (Å²) in [6, 6.07) is 13.7. The SMILES string of the molecule is CC(=O)Nc1cccc(OCCN2C(=O)c3ccccc3C2=O)c1. The van der Waals surface area contributed by atoms with Crippen molar-refractivity contribution in [2.75, 3.05) is 18.5 Å². The van der Waals surface area contributed by atoms with Gasteiger partial charge in [-0.1, -0.05) is 18.2 Å². The Bertz CT molecular complexity index is 781. The van der Waals surface area contributed by atoms with Gasteiger partial charge in [0.15, 0.2) is 0 Å². The molecule has 0 fully saturated rings. The van der Waals surface area contributed by atoms with Crippen molar-refractivity contribution in [1.29, 1.82) is 0 Å². The van der Waals surface area contributed by atoms with Crippen LogP contribution in [0.4, 0.5) is 5.69 Å². The molecule has 6 heteroatoms. The van der Waals surface area contributed by atoms with Gasteiger partial charge < -0.3 is 10.1 Å². The fraction of sp³-hybridized carbons (Fsp3) is 0.167. The van der Waals surface area contributed by atoms with E-state index in [9.17, 15) is 14.4 Å². The molecule has 3 rings (SSSR count). The molecule has 2 aromatic carbocycles. The lowest BCUT2D eigenvalue weighted by Gasteiger charge is -2.14. The maximum atomic E-state index is 12.2. The third-order valence-electron chi connectivity index (χ3n) is 3.62. The fourth-order valence-electron chi connectivity index (χ4n) is 2.56. The number of carbonyl (C=O) groups is 3. The Morgan fingerprint density at radius 1 is 1.04 bits per heavy atom. The van der Waals surface area contributed by atoms with Crippen LogP contribution in [-0.4, -0.2) is 35.8 Å². The summed E-state index contributed by atoms with van der Waals surface area (Å²) in [5.41, 5.74) is 1.48. The number of nitrogens with zero attached hydrogens (tertiary/aromatic N) is 1. The van der Waals surface area contributed by atoms with E-state index in [2.05, 4.69) is 5.32 Å². The van der Waals surface area contributed by atoms with Gasteiger partial charge in [-0.3, -0.25) is 19.3 Å². The number of nitrogens with one attached hydrogen (secondary N) is 1. The monoisotopic (exact) mass is 324 g/mol. The number of imide groups is 1. The van der Waals surface area contributed by atoms with Crippen molar-refractivity contribution in [3.63, 3.8) is 0 Å². The summed E-state index contributed by atoms with van der Waals surface area (Å²) in [6.45, 7) is 1.77. The zero-order chi connectivity index (χ0) is 17.1. The van der Waals surface area contributed by atoms with Gasteiger partial charge in [0.25, 0.3) is 11.8 Å². The minimum absolute atomic E-state index is 0.163. The van der Waals surface area contributed by atoms with Crippen LogP contribution in [0, 0.1) is 0 Å². The Labute approximate surface area is 139 Å². The number of amides is 3. The van der Waals surface area contributed by atoms with E-state index in [0.29, 0.717) is 22.6 Å². The molecular formula is C18H16N2O4. The Balaban J connectivity index is 1.61. The predicted octanol–water partition coefficient (Wildman–Crippen LogP) is 2.32. The number of anilines is 1. The number of fused-ring (bicyclic) bond motifs is 1. The van der Waals surface area contributed by atoms with E-state index >= 15 is 0 Å². The fourth-order valence-corrected chi connectivity index (χ4v) is 2.56. The first-order chi connectivity index (χ1) is 11.6. The van der Waals surface area contributed by atoms with Crippen molar-refractivity contribution in [1.82, 2.24) is 4.90 Å². The lowest BCUT2D eigenvalue weighted by atomic mass is 10.1. The van der Waals surface area contributed by atoms with Crippen LogP contribution in [0.5, 0.6) is 5.75 Å². The molecule has 1 aliphatic heterocycles. The van der Waals surface area contributed by atoms with Crippen LogP contribution in [0.25, 0.3) is 0 Å². The number of carbonyl (C=O) groups excluding carboxylic acids is 3. The molecule has 0 radical (unpaired) electrons. The summed E-state index contributed by atoms with van der Waals surface area (Å²) < 4.78 is 5.59. The molecule has 2 aromatic rings. The smallest absolute Gasteiger partial charge is 0.261 e. The summed E-state index contributed by atoms with van der Waals surface area (Å²) in [7, 11) is 0. The van der Waals surface area contributed by atoms with Gasteiger partial charge in [0.1, 0.15) is 12.4 Å². The largest absolute Gasteiger partial charge is 0.492 e. The van der Waals surface area contributed by atoms with Crippen molar-refractivity contribution in [2.45, 2.75) is 6.92 Å². The molecule has 1 aliphatic rings. The van der Waals surface area contributed by atoms with Crippen LogP contribution in [0.15, 0.2) is 48.5 Å². The van der Waals surface area contributed by atoms with Gasteiger partial charge in [-0.25, -0.2) is 0 Å². The second kappa shape index (κ2) is 6.54. The van der Waals surface area contributed by atoms with Crippen LogP contribution < -0.4 is 10.1 Å². The summed E-state index contributed by atoms with van der Waals surface area (Å²) in [5, 5.41) is 2.67. The van der Waals surface area contributed by atoms with Gasteiger partial charge in [-0.15, -0.1) is 0 Å². The number of hydrogen-bond donors (Lipinski definition) is 1. The molecular weight excluding hydrogens is 308 g/mol.